The molecule has 0 radical (unpaired) electrons. The van der Waals surface area contributed by atoms with E-state index in [-0.39, 0.29) is 12.5 Å². The van der Waals surface area contributed by atoms with Gasteiger partial charge in [0.25, 0.3) is 5.91 Å². The molecule has 0 unspecified atom stereocenters. The largest absolute Gasteiger partial charge is 0.346 e. The average Bonchev–Trinajstić information content (AvgIpc) is 3.01. The summed E-state index contributed by atoms with van der Waals surface area (Å²) in [5, 5.41) is 10.6. The van der Waals surface area contributed by atoms with Crippen LogP contribution in [0.25, 0.3) is 11.0 Å². The van der Waals surface area contributed by atoms with Gasteiger partial charge in [-0.25, -0.2) is 13.4 Å². The summed E-state index contributed by atoms with van der Waals surface area (Å²) in [6, 6.07) is 10.0. The van der Waals surface area contributed by atoms with Gasteiger partial charge in [-0.05, 0) is 36.4 Å². The number of pyridine rings is 1. The summed E-state index contributed by atoms with van der Waals surface area (Å²) in [5.41, 5.74) is 2.29. The predicted molar refractivity (Wildman–Crippen MR) is 94.7 cm³/mol. The van der Waals surface area contributed by atoms with Crippen molar-refractivity contribution in [2.24, 2.45) is 0 Å². The summed E-state index contributed by atoms with van der Waals surface area (Å²) in [6.45, 7) is 0.284. The fraction of sp³-hybridized carbons (Fsp3) is 0.188. The van der Waals surface area contributed by atoms with Gasteiger partial charge in [0.05, 0.1) is 24.2 Å². The molecule has 8 nitrogen and oxygen atoms in total. The Labute approximate surface area is 144 Å². The Morgan fingerprint density at radius 1 is 1.24 bits per heavy atom. The normalized spacial score (nSPS) is 11.4. The lowest BCUT2D eigenvalue weighted by atomic mass is 10.2. The number of aromatic nitrogens is 3. The molecule has 2 N–H and O–H groups in total. The second kappa shape index (κ2) is 6.52. The number of carbonyl (C=O) groups is 1. The third-order valence-corrected chi connectivity index (χ3v) is 5.03. The van der Waals surface area contributed by atoms with Gasteiger partial charge in [0.15, 0.2) is 5.65 Å². The topological polar surface area (TPSA) is 108 Å². The maximum Gasteiger partial charge on any atom is 0.251 e. The minimum absolute atomic E-state index is 0.264. The number of hydrogen-bond donors (Lipinski definition) is 2. The number of hydrogen-bond acceptors (Lipinski definition) is 5. The number of benzene rings is 1. The Kier molecular flexibility index (Phi) is 4.41. The van der Waals surface area contributed by atoms with Gasteiger partial charge in [-0.1, -0.05) is 0 Å². The number of amides is 1. The summed E-state index contributed by atoms with van der Waals surface area (Å²) in [6.07, 6.45) is 2.78. The number of nitrogens with one attached hydrogen (secondary N) is 2. The molecule has 1 amide bonds. The molecule has 130 valence electrons. The number of nitrogens with zero attached hydrogens (tertiary/aromatic N) is 3. The molecule has 0 atom stereocenters. The van der Waals surface area contributed by atoms with Crippen LogP contribution in [0, 0.1) is 0 Å². The van der Waals surface area contributed by atoms with E-state index in [1.54, 1.807) is 36.5 Å². The van der Waals surface area contributed by atoms with Crippen LogP contribution in [0.3, 0.4) is 0 Å². The maximum atomic E-state index is 12.3. The summed E-state index contributed by atoms with van der Waals surface area (Å²) in [7, 11) is -1.87. The summed E-state index contributed by atoms with van der Waals surface area (Å²) >= 11 is 0. The van der Waals surface area contributed by atoms with E-state index in [0.717, 1.165) is 21.6 Å². The Bertz CT molecular complexity index is 1010. The number of sulfonamides is 1. The zero-order valence-corrected chi connectivity index (χ0v) is 14.5. The van der Waals surface area contributed by atoms with Gasteiger partial charge in [-0.3, -0.25) is 14.2 Å². The molecule has 0 saturated carbocycles. The van der Waals surface area contributed by atoms with Gasteiger partial charge in [0, 0.05) is 24.2 Å². The van der Waals surface area contributed by atoms with Crippen LogP contribution in [0.4, 0.5) is 5.69 Å². The van der Waals surface area contributed by atoms with E-state index in [1.165, 1.54) is 7.05 Å². The van der Waals surface area contributed by atoms with Gasteiger partial charge < -0.3 is 5.32 Å². The molecular formula is C16H17N5O3S. The molecule has 0 saturated heterocycles. The first-order valence-electron chi connectivity index (χ1n) is 7.46. The zero-order valence-electron chi connectivity index (χ0n) is 13.7. The molecule has 1 aromatic carbocycles. The fourth-order valence-corrected chi connectivity index (χ4v) is 2.83. The Hall–Kier alpha value is -2.94. The van der Waals surface area contributed by atoms with Crippen LogP contribution >= 0.6 is 0 Å². The standard InChI is InChI=1S/C16H17N5O3S/c1-21(25(2,23)24)12-7-5-11(6-8-12)16(22)18-10-14-13-4-3-9-17-15(13)20-19-14/h3-9H,10H2,1-2H3,(H,18,22)(H,17,19,20). The van der Waals surface area contributed by atoms with Crippen molar-refractivity contribution in [1.29, 1.82) is 0 Å². The summed E-state index contributed by atoms with van der Waals surface area (Å²) in [5.74, 6) is -0.264. The fourth-order valence-electron chi connectivity index (χ4n) is 2.32. The first-order chi connectivity index (χ1) is 11.9. The number of fused-ring (bicyclic) bond motifs is 1. The third-order valence-electron chi connectivity index (χ3n) is 3.82. The van der Waals surface area contributed by atoms with Crippen LogP contribution in [-0.4, -0.2) is 42.8 Å². The van der Waals surface area contributed by atoms with E-state index in [2.05, 4.69) is 20.5 Å². The van der Waals surface area contributed by atoms with Crippen molar-refractivity contribution in [3.63, 3.8) is 0 Å². The molecular weight excluding hydrogens is 342 g/mol. The number of H-pyrrole nitrogens is 1. The van der Waals surface area contributed by atoms with Crippen molar-refractivity contribution in [3.05, 3.63) is 53.9 Å². The van der Waals surface area contributed by atoms with E-state index in [9.17, 15) is 13.2 Å². The number of anilines is 1. The van der Waals surface area contributed by atoms with Crippen molar-refractivity contribution in [2.75, 3.05) is 17.6 Å². The second-order valence-corrected chi connectivity index (χ2v) is 7.55. The average molecular weight is 359 g/mol. The molecule has 3 rings (SSSR count). The van der Waals surface area contributed by atoms with E-state index < -0.39 is 10.0 Å². The second-order valence-electron chi connectivity index (χ2n) is 5.54. The first-order valence-corrected chi connectivity index (χ1v) is 9.31. The lowest BCUT2D eigenvalue weighted by Gasteiger charge is -2.16. The van der Waals surface area contributed by atoms with Crippen molar-refractivity contribution in [2.45, 2.75) is 6.54 Å². The Morgan fingerprint density at radius 3 is 2.64 bits per heavy atom. The van der Waals surface area contributed by atoms with Gasteiger partial charge in [-0.2, -0.15) is 5.10 Å². The molecule has 3 aromatic rings. The monoisotopic (exact) mass is 359 g/mol. The molecule has 2 heterocycles. The van der Waals surface area contributed by atoms with Gasteiger partial charge in [0.1, 0.15) is 0 Å². The minimum atomic E-state index is -3.33. The van der Waals surface area contributed by atoms with Crippen molar-refractivity contribution < 1.29 is 13.2 Å². The van der Waals surface area contributed by atoms with E-state index in [0.29, 0.717) is 16.9 Å². The Balaban J connectivity index is 1.69. The summed E-state index contributed by atoms with van der Waals surface area (Å²) < 4.78 is 24.2. The highest BCUT2D eigenvalue weighted by Gasteiger charge is 2.13. The van der Waals surface area contributed by atoms with Crippen molar-refractivity contribution in [1.82, 2.24) is 20.5 Å². The molecule has 0 fully saturated rings. The van der Waals surface area contributed by atoms with Crippen molar-refractivity contribution in [3.8, 4) is 0 Å². The highest BCUT2D eigenvalue weighted by Crippen LogP contribution is 2.17. The molecule has 0 aliphatic carbocycles. The first kappa shape index (κ1) is 16.9. The number of rotatable bonds is 5. The number of aromatic amines is 1. The lowest BCUT2D eigenvalue weighted by molar-refractivity contribution is 0.0950. The highest BCUT2D eigenvalue weighted by molar-refractivity contribution is 7.92. The quantitative estimate of drug-likeness (QED) is 0.713. The summed E-state index contributed by atoms with van der Waals surface area (Å²) in [4.78, 5) is 16.4. The van der Waals surface area contributed by atoms with E-state index >= 15 is 0 Å². The van der Waals surface area contributed by atoms with E-state index in [1.807, 2.05) is 6.07 Å². The maximum absolute atomic E-state index is 12.3. The minimum Gasteiger partial charge on any atom is -0.346 e. The van der Waals surface area contributed by atoms with Crippen LogP contribution < -0.4 is 9.62 Å². The van der Waals surface area contributed by atoms with Crippen LogP contribution in [-0.2, 0) is 16.6 Å². The predicted octanol–water partition coefficient (Wildman–Crippen LogP) is 1.28. The molecule has 0 aliphatic heterocycles. The van der Waals surface area contributed by atoms with Gasteiger partial charge >= 0.3 is 0 Å². The molecule has 0 spiro atoms. The molecule has 0 aliphatic rings. The molecule has 2 aromatic heterocycles. The van der Waals surface area contributed by atoms with Gasteiger partial charge in [-0.15, -0.1) is 0 Å². The smallest absolute Gasteiger partial charge is 0.251 e. The van der Waals surface area contributed by atoms with E-state index in [4.69, 9.17) is 0 Å². The highest BCUT2D eigenvalue weighted by atomic mass is 32.2. The lowest BCUT2D eigenvalue weighted by Crippen LogP contribution is -2.25. The van der Waals surface area contributed by atoms with Gasteiger partial charge in [0.2, 0.25) is 10.0 Å². The number of carbonyl (C=O) groups excluding carboxylic acids is 1. The van der Waals surface area contributed by atoms with Crippen LogP contribution in [0.2, 0.25) is 0 Å². The Morgan fingerprint density at radius 2 is 1.96 bits per heavy atom. The molecule has 9 heteroatoms. The zero-order chi connectivity index (χ0) is 18.0. The molecule has 0 bridgehead atoms. The SMILES string of the molecule is CN(c1ccc(C(=O)NCc2[nH]nc3ncccc23)cc1)S(C)(=O)=O. The van der Waals surface area contributed by atoms with Crippen LogP contribution in [0.15, 0.2) is 42.6 Å². The van der Waals surface area contributed by atoms with Crippen LogP contribution in [0.1, 0.15) is 16.1 Å². The van der Waals surface area contributed by atoms with Crippen molar-refractivity contribution >= 4 is 32.7 Å². The third kappa shape index (κ3) is 3.61. The van der Waals surface area contributed by atoms with Crippen LogP contribution in [0.5, 0.6) is 0 Å². The molecule has 25 heavy (non-hydrogen) atoms.